The minimum Gasteiger partial charge on any atom is -0.293 e. The van der Waals surface area contributed by atoms with Gasteiger partial charge in [-0.15, -0.1) is 16.2 Å². The van der Waals surface area contributed by atoms with Crippen LogP contribution in [0.5, 0.6) is 0 Å². The molecular formula is C3H5N3O2S2. The maximum atomic E-state index is 10.0. The van der Waals surface area contributed by atoms with Crippen LogP contribution in [0.25, 0.3) is 0 Å². The van der Waals surface area contributed by atoms with Crippen molar-refractivity contribution in [1.29, 1.82) is 0 Å². The minimum absolute atomic E-state index is 0.558. The molecule has 1 unspecified atom stereocenters. The zero-order chi connectivity index (χ0) is 7.40. The van der Waals surface area contributed by atoms with Gasteiger partial charge in [-0.2, -0.15) is 0 Å². The molecule has 0 bridgehead atoms. The van der Waals surface area contributed by atoms with Crippen LogP contribution in [0.3, 0.4) is 0 Å². The molecule has 0 radical (unpaired) electrons. The summed E-state index contributed by atoms with van der Waals surface area (Å²) < 4.78 is 18.2. The molecule has 0 saturated carbocycles. The maximum absolute atomic E-state index is 10.0. The van der Waals surface area contributed by atoms with Crippen molar-refractivity contribution in [1.82, 2.24) is 9.82 Å². The minimum atomic E-state index is -2.04. The van der Waals surface area contributed by atoms with Crippen LogP contribution >= 0.6 is 11.3 Å². The normalized spacial score (nSPS) is 12.9. The van der Waals surface area contributed by atoms with Crippen LogP contribution in [0, 0.1) is 0 Å². The van der Waals surface area contributed by atoms with Gasteiger partial charge in [0.25, 0.3) is 0 Å². The second-order valence-electron chi connectivity index (χ2n) is 1.31. The third-order valence-corrected chi connectivity index (χ3v) is 1.64. The summed E-state index contributed by atoms with van der Waals surface area (Å²) in [6.45, 7) is 0. The Morgan fingerprint density at radius 3 is 3.10 bits per heavy atom. The second-order valence-corrected chi connectivity index (χ2v) is 2.91. The van der Waals surface area contributed by atoms with Gasteiger partial charge in [0.05, 0.1) is 0 Å². The highest BCUT2D eigenvalue weighted by atomic mass is 32.2. The molecule has 0 aliphatic rings. The van der Waals surface area contributed by atoms with Crippen LogP contribution in [-0.4, -0.2) is 13.7 Å². The van der Waals surface area contributed by atoms with Crippen molar-refractivity contribution in [2.45, 2.75) is 0 Å². The monoisotopic (exact) mass is 179 g/mol. The van der Waals surface area contributed by atoms with Gasteiger partial charge in [0, 0.05) is 11.6 Å². The fourth-order valence-electron chi connectivity index (χ4n) is 0.372. The lowest BCUT2D eigenvalue weighted by atomic mass is 11.0. The Morgan fingerprint density at radius 2 is 2.60 bits per heavy atom. The Morgan fingerprint density at radius 1 is 1.80 bits per heavy atom. The molecule has 0 aliphatic carbocycles. The van der Waals surface area contributed by atoms with E-state index >= 15 is 0 Å². The van der Waals surface area contributed by atoms with E-state index in [0.717, 1.165) is 0 Å². The molecule has 0 saturated heterocycles. The van der Waals surface area contributed by atoms with E-state index in [1.165, 1.54) is 11.3 Å². The van der Waals surface area contributed by atoms with Crippen LogP contribution in [0.4, 0.5) is 5.13 Å². The Hall–Kier alpha value is -0.500. The number of aromatic nitrogens is 1. The van der Waals surface area contributed by atoms with Gasteiger partial charge in [-0.05, 0) is 0 Å². The molecule has 5 nitrogen and oxygen atoms in total. The van der Waals surface area contributed by atoms with Gasteiger partial charge in [-0.3, -0.25) is 9.98 Å². The SMILES string of the molecule is O=S(O)NNc1nccs1. The Labute approximate surface area is 63.9 Å². The van der Waals surface area contributed by atoms with E-state index in [1.807, 2.05) is 0 Å². The van der Waals surface area contributed by atoms with E-state index in [2.05, 4.69) is 15.2 Å². The first kappa shape index (κ1) is 7.61. The van der Waals surface area contributed by atoms with Crippen LogP contribution < -0.4 is 10.3 Å². The largest absolute Gasteiger partial charge is 0.293 e. The quantitative estimate of drug-likeness (QED) is 0.457. The van der Waals surface area contributed by atoms with Gasteiger partial charge < -0.3 is 0 Å². The predicted octanol–water partition coefficient (Wildman–Crippen LogP) is 0.196. The number of nitrogens with zero attached hydrogens (tertiary/aromatic N) is 1. The number of hydrogen-bond donors (Lipinski definition) is 3. The molecule has 1 atom stereocenters. The van der Waals surface area contributed by atoms with Gasteiger partial charge in [0.1, 0.15) is 0 Å². The van der Waals surface area contributed by atoms with Crippen molar-refractivity contribution >= 4 is 27.7 Å². The lowest BCUT2D eigenvalue weighted by molar-refractivity contribution is 0.555. The molecule has 0 amide bonds. The average Bonchev–Trinajstić information content (AvgIpc) is 2.34. The molecule has 3 N–H and O–H groups in total. The van der Waals surface area contributed by atoms with Crippen molar-refractivity contribution in [2.75, 3.05) is 5.43 Å². The van der Waals surface area contributed by atoms with E-state index in [1.54, 1.807) is 11.6 Å². The molecular weight excluding hydrogens is 174 g/mol. The summed E-state index contributed by atoms with van der Waals surface area (Å²) in [5.74, 6) is 0. The summed E-state index contributed by atoms with van der Waals surface area (Å²) in [5, 5.41) is 2.31. The van der Waals surface area contributed by atoms with Gasteiger partial charge in [-0.1, -0.05) is 0 Å². The summed E-state index contributed by atoms with van der Waals surface area (Å²) in [5.41, 5.74) is 2.43. The Balaban J connectivity index is 2.35. The number of hydrazine groups is 1. The molecule has 1 aromatic heterocycles. The van der Waals surface area contributed by atoms with E-state index in [-0.39, 0.29) is 0 Å². The highest BCUT2D eigenvalue weighted by Gasteiger charge is 1.93. The summed E-state index contributed by atoms with van der Waals surface area (Å²) in [4.78, 5) is 5.86. The molecule has 0 spiro atoms. The Bertz CT molecular complexity index is 212. The van der Waals surface area contributed by atoms with Crippen molar-refractivity contribution in [3.8, 4) is 0 Å². The molecule has 1 rings (SSSR count). The predicted molar refractivity (Wildman–Crippen MR) is 39.6 cm³/mol. The highest BCUT2D eigenvalue weighted by molar-refractivity contribution is 7.77. The third kappa shape index (κ3) is 2.40. The fraction of sp³-hybridized carbons (Fsp3) is 0. The first-order valence-electron chi connectivity index (χ1n) is 2.31. The van der Waals surface area contributed by atoms with Gasteiger partial charge in [-0.25, -0.2) is 9.19 Å². The van der Waals surface area contributed by atoms with Gasteiger partial charge in [0.15, 0.2) is 5.13 Å². The molecule has 0 aliphatic heterocycles. The van der Waals surface area contributed by atoms with Crippen LogP contribution in [0.2, 0.25) is 0 Å². The first-order chi connectivity index (χ1) is 4.79. The molecule has 0 fully saturated rings. The highest BCUT2D eigenvalue weighted by Crippen LogP contribution is 2.07. The average molecular weight is 179 g/mol. The van der Waals surface area contributed by atoms with Crippen LogP contribution in [0.1, 0.15) is 0 Å². The molecule has 0 aromatic carbocycles. The summed E-state index contributed by atoms with van der Waals surface area (Å²) in [7, 11) is 0. The van der Waals surface area contributed by atoms with E-state index < -0.39 is 11.3 Å². The fourth-order valence-corrected chi connectivity index (χ4v) is 1.10. The molecule has 7 heteroatoms. The zero-order valence-corrected chi connectivity index (χ0v) is 6.41. The van der Waals surface area contributed by atoms with E-state index in [0.29, 0.717) is 5.13 Å². The second kappa shape index (κ2) is 3.62. The van der Waals surface area contributed by atoms with Crippen molar-refractivity contribution in [2.24, 2.45) is 0 Å². The number of rotatable bonds is 3. The lowest BCUT2D eigenvalue weighted by Crippen LogP contribution is -2.22. The zero-order valence-electron chi connectivity index (χ0n) is 4.77. The van der Waals surface area contributed by atoms with Gasteiger partial charge in [0.2, 0.25) is 11.3 Å². The summed E-state index contributed by atoms with van der Waals surface area (Å²) in [6.07, 6.45) is 1.59. The molecule has 10 heavy (non-hydrogen) atoms. The topological polar surface area (TPSA) is 74.2 Å². The molecule has 1 aromatic rings. The molecule has 1 heterocycles. The number of nitrogens with one attached hydrogen (secondary N) is 2. The molecule has 56 valence electrons. The standard InChI is InChI=1S/C3H5N3O2S2/c7-10(8)6-5-3-4-1-2-9-3/h1-2,6H,(H,4,5)(H,7,8). The summed E-state index contributed by atoms with van der Waals surface area (Å²) in [6, 6.07) is 0. The maximum Gasteiger partial charge on any atom is 0.250 e. The van der Waals surface area contributed by atoms with E-state index in [4.69, 9.17) is 4.55 Å². The first-order valence-corrected chi connectivity index (χ1v) is 4.29. The van der Waals surface area contributed by atoms with Crippen LogP contribution in [0.15, 0.2) is 11.6 Å². The lowest BCUT2D eigenvalue weighted by Gasteiger charge is -1.96. The van der Waals surface area contributed by atoms with Crippen molar-refractivity contribution in [3.63, 3.8) is 0 Å². The van der Waals surface area contributed by atoms with Crippen molar-refractivity contribution < 1.29 is 8.76 Å². The van der Waals surface area contributed by atoms with Crippen molar-refractivity contribution in [3.05, 3.63) is 11.6 Å². The van der Waals surface area contributed by atoms with E-state index in [9.17, 15) is 4.21 Å². The Kier molecular flexibility index (Phi) is 2.75. The van der Waals surface area contributed by atoms with Crippen LogP contribution in [-0.2, 0) is 11.3 Å². The smallest absolute Gasteiger partial charge is 0.250 e. The third-order valence-electron chi connectivity index (χ3n) is 0.678. The van der Waals surface area contributed by atoms with Gasteiger partial charge >= 0.3 is 0 Å². The number of hydrogen-bond acceptors (Lipinski definition) is 4. The summed E-state index contributed by atoms with van der Waals surface area (Å²) >= 11 is -0.710. The number of thiazole rings is 1. The number of anilines is 1.